The molecule has 4 heteroatoms. The second kappa shape index (κ2) is 5.71. The van der Waals surface area contributed by atoms with Crippen LogP contribution in [0.5, 0.6) is 0 Å². The molecule has 2 fully saturated rings. The summed E-state index contributed by atoms with van der Waals surface area (Å²) in [4.78, 5) is 2.57. The monoisotopic (exact) mass is 244 g/mol. The lowest BCUT2D eigenvalue weighted by Gasteiger charge is -2.43. The van der Waals surface area contributed by atoms with Crippen molar-refractivity contribution in [2.24, 2.45) is 5.73 Å². The molecule has 2 N–H and O–H groups in total. The standard InChI is InChI=1S/C12H24N2OS/c1-14(11-3-8-16-9-11)12(10-13)4-2-6-15-7-5-12/h11H,2-10,13H2,1H3. The average Bonchev–Trinajstić information content (AvgIpc) is 2.73. The SMILES string of the molecule is CN(C1CCSC1)C1(CN)CCCOCC1. The summed E-state index contributed by atoms with van der Waals surface area (Å²) in [6.07, 6.45) is 4.77. The van der Waals surface area contributed by atoms with Crippen molar-refractivity contribution >= 4 is 11.8 Å². The summed E-state index contributed by atoms with van der Waals surface area (Å²) in [5.74, 6) is 2.59. The van der Waals surface area contributed by atoms with Crippen LogP contribution >= 0.6 is 11.8 Å². The number of rotatable bonds is 3. The molecule has 0 radical (unpaired) electrons. The Kier molecular flexibility index (Phi) is 4.53. The Bertz CT molecular complexity index is 211. The largest absolute Gasteiger partial charge is 0.381 e. The summed E-state index contributed by atoms with van der Waals surface area (Å²) in [5.41, 5.74) is 6.27. The van der Waals surface area contributed by atoms with Crippen molar-refractivity contribution in [3.05, 3.63) is 0 Å². The van der Waals surface area contributed by atoms with E-state index >= 15 is 0 Å². The average molecular weight is 244 g/mol. The lowest BCUT2D eigenvalue weighted by Crippen LogP contribution is -2.56. The maximum atomic E-state index is 6.07. The molecule has 2 heterocycles. The fourth-order valence-corrected chi connectivity index (χ4v) is 4.18. The van der Waals surface area contributed by atoms with Crippen LogP contribution in [0, 0.1) is 0 Å². The summed E-state index contributed by atoms with van der Waals surface area (Å²) in [7, 11) is 2.27. The second-order valence-electron chi connectivity index (χ2n) is 5.02. The molecule has 94 valence electrons. The summed E-state index contributed by atoms with van der Waals surface area (Å²) in [6, 6.07) is 0.728. The van der Waals surface area contributed by atoms with Gasteiger partial charge in [0.25, 0.3) is 0 Å². The van der Waals surface area contributed by atoms with Crippen LogP contribution in [0.1, 0.15) is 25.7 Å². The van der Waals surface area contributed by atoms with Gasteiger partial charge in [0.1, 0.15) is 0 Å². The molecule has 2 aliphatic heterocycles. The minimum Gasteiger partial charge on any atom is -0.381 e. The van der Waals surface area contributed by atoms with Crippen molar-refractivity contribution in [2.75, 3.05) is 38.3 Å². The first-order valence-corrected chi connectivity index (χ1v) is 7.52. The van der Waals surface area contributed by atoms with Gasteiger partial charge in [-0.25, -0.2) is 0 Å². The minimum atomic E-state index is 0.200. The van der Waals surface area contributed by atoms with Gasteiger partial charge in [-0.15, -0.1) is 0 Å². The van der Waals surface area contributed by atoms with Gasteiger partial charge in [0.05, 0.1) is 0 Å². The van der Waals surface area contributed by atoms with E-state index in [1.165, 1.54) is 24.3 Å². The van der Waals surface area contributed by atoms with E-state index in [9.17, 15) is 0 Å². The highest BCUT2D eigenvalue weighted by Gasteiger charge is 2.38. The number of ether oxygens (including phenoxy) is 1. The molecule has 0 aliphatic carbocycles. The van der Waals surface area contributed by atoms with Gasteiger partial charge in [-0.3, -0.25) is 4.90 Å². The van der Waals surface area contributed by atoms with Gasteiger partial charge >= 0.3 is 0 Å². The van der Waals surface area contributed by atoms with Crippen LogP contribution in [0.3, 0.4) is 0 Å². The Labute approximate surface area is 103 Å². The number of hydrogen-bond acceptors (Lipinski definition) is 4. The van der Waals surface area contributed by atoms with Crippen molar-refractivity contribution < 1.29 is 4.74 Å². The molecule has 3 nitrogen and oxygen atoms in total. The molecule has 0 aromatic heterocycles. The fourth-order valence-electron chi connectivity index (χ4n) is 2.91. The summed E-state index contributed by atoms with van der Waals surface area (Å²) in [6.45, 7) is 2.56. The highest BCUT2D eigenvalue weighted by atomic mass is 32.2. The third-order valence-electron chi connectivity index (χ3n) is 4.22. The van der Waals surface area contributed by atoms with E-state index in [0.717, 1.165) is 38.6 Å². The van der Waals surface area contributed by atoms with Gasteiger partial charge < -0.3 is 10.5 Å². The Morgan fingerprint density at radius 2 is 2.31 bits per heavy atom. The molecule has 2 unspecified atom stereocenters. The smallest absolute Gasteiger partial charge is 0.0484 e. The van der Waals surface area contributed by atoms with Gasteiger partial charge in [0, 0.05) is 37.1 Å². The van der Waals surface area contributed by atoms with E-state index in [4.69, 9.17) is 10.5 Å². The number of likely N-dealkylation sites (N-methyl/N-ethyl adjacent to an activating group) is 1. The van der Waals surface area contributed by atoms with Crippen LogP contribution in [0.15, 0.2) is 0 Å². The van der Waals surface area contributed by atoms with Gasteiger partial charge in [0.2, 0.25) is 0 Å². The molecule has 16 heavy (non-hydrogen) atoms. The zero-order valence-corrected chi connectivity index (χ0v) is 11.1. The van der Waals surface area contributed by atoms with E-state index in [1.807, 2.05) is 0 Å². The Balaban J connectivity index is 2.05. The zero-order valence-electron chi connectivity index (χ0n) is 10.3. The Morgan fingerprint density at radius 1 is 1.44 bits per heavy atom. The van der Waals surface area contributed by atoms with Crippen LogP contribution in [0.2, 0.25) is 0 Å². The van der Waals surface area contributed by atoms with Crippen molar-refractivity contribution in [1.29, 1.82) is 0 Å². The topological polar surface area (TPSA) is 38.5 Å². The predicted octanol–water partition coefficient (Wildman–Crippen LogP) is 1.32. The normalized spacial score (nSPS) is 36.6. The molecule has 2 aliphatic rings. The number of nitrogens with two attached hydrogens (primary N) is 1. The van der Waals surface area contributed by atoms with Crippen molar-refractivity contribution in [2.45, 2.75) is 37.3 Å². The molecule has 0 saturated carbocycles. The van der Waals surface area contributed by atoms with E-state index in [0.29, 0.717) is 0 Å². The number of nitrogens with zero attached hydrogens (tertiary/aromatic N) is 1. The van der Waals surface area contributed by atoms with Crippen LogP contribution in [0.25, 0.3) is 0 Å². The highest BCUT2D eigenvalue weighted by molar-refractivity contribution is 7.99. The van der Waals surface area contributed by atoms with Crippen molar-refractivity contribution in [3.8, 4) is 0 Å². The van der Waals surface area contributed by atoms with Gasteiger partial charge in [-0.05, 0) is 38.5 Å². The van der Waals surface area contributed by atoms with E-state index in [2.05, 4.69) is 23.7 Å². The molecular formula is C12H24N2OS. The molecule has 0 amide bonds. The molecule has 2 atom stereocenters. The molecule has 0 aromatic carbocycles. The van der Waals surface area contributed by atoms with Crippen LogP contribution < -0.4 is 5.73 Å². The minimum absolute atomic E-state index is 0.200. The van der Waals surface area contributed by atoms with Crippen molar-refractivity contribution in [1.82, 2.24) is 4.90 Å². The molecule has 0 bridgehead atoms. The summed E-state index contributed by atoms with van der Waals surface area (Å²) >= 11 is 2.08. The number of thioether (sulfide) groups is 1. The first-order chi connectivity index (χ1) is 7.78. The second-order valence-corrected chi connectivity index (χ2v) is 6.17. The predicted molar refractivity (Wildman–Crippen MR) is 69.9 cm³/mol. The lowest BCUT2D eigenvalue weighted by molar-refractivity contribution is 0.0623. The third kappa shape index (κ3) is 2.55. The van der Waals surface area contributed by atoms with Gasteiger partial charge in [-0.2, -0.15) is 11.8 Å². The van der Waals surface area contributed by atoms with Crippen LogP contribution in [0.4, 0.5) is 0 Å². The number of hydrogen-bond donors (Lipinski definition) is 1. The highest BCUT2D eigenvalue weighted by Crippen LogP contribution is 2.32. The third-order valence-corrected chi connectivity index (χ3v) is 5.37. The van der Waals surface area contributed by atoms with E-state index < -0.39 is 0 Å². The Hall–Kier alpha value is 0.230. The van der Waals surface area contributed by atoms with E-state index in [1.54, 1.807) is 0 Å². The molecular weight excluding hydrogens is 220 g/mol. The maximum absolute atomic E-state index is 6.07. The first-order valence-electron chi connectivity index (χ1n) is 6.37. The quantitative estimate of drug-likeness (QED) is 0.813. The molecule has 0 aromatic rings. The lowest BCUT2D eigenvalue weighted by atomic mass is 9.87. The molecule has 0 spiro atoms. The zero-order chi connectivity index (χ0) is 11.4. The van der Waals surface area contributed by atoms with Crippen LogP contribution in [-0.4, -0.2) is 54.8 Å². The van der Waals surface area contributed by atoms with Gasteiger partial charge in [-0.1, -0.05) is 0 Å². The fraction of sp³-hybridized carbons (Fsp3) is 1.00. The van der Waals surface area contributed by atoms with Crippen molar-refractivity contribution in [3.63, 3.8) is 0 Å². The van der Waals surface area contributed by atoms with Crippen LogP contribution in [-0.2, 0) is 4.74 Å². The Morgan fingerprint density at radius 3 is 3.00 bits per heavy atom. The van der Waals surface area contributed by atoms with E-state index in [-0.39, 0.29) is 5.54 Å². The first kappa shape index (κ1) is 12.7. The summed E-state index contributed by atoms with van der Waals surface area (Å²) < 4.78 is 5.58. The maximum Gasteiger partial charge on any atom is 0.0484 e. The molecule has 2 saturated heterocycles. The molecule has 2 rings (SSSR count). The summed E-state index contributed by atoms with van der Waals surface area (Å²) in [5, 5.41) is 0. The van der Waals surface area contributed by atoms with Gasteiger partial charge in [0.15, 0.2) is 0 Å².